The van der Waals surface area contributed by atoms with Crippen LogP contribution in [0.4, 0.5) is 0 Å². The minimum Gasteiger partial charge on any atom is -0.260 e. The van der Waals surface area contributed by atoms with Gasteiger partial charge in [0.2, 0.25) is 0 Å². The maximum absolute atomic E-state index is 13.7. The summed E-state index contributed by atoms with van der Waals surface area (Å²) >= 11 is 0. The van der Waals surface area contributed by atoms with Crippen LogP contribution in [0.25, 0.3) is 55.1 Å². The lowest BCUT2D eigenvalue weighted by Gasteiger charge is -2.12. The normalized spacial score (nSPS) is 11.4. The number of benzene rings is 6. The molecule has 7 rings (SSSR count). The van der Waals surface area contributed by atoms with E-state index in [-0.39, 0.29) is 5.69 Å². The molecule has 3 heteroatoms. The Morgan fingerprint density at radius 2 is 0.972 bits per heavy atom. The van der Waals surface area contributed by atoms with Crippen LogP contribution in [0.3, 0.4) is 0 Å². The number of aromatic nitrogens is 2. The van der Waals surface area contributed by atoms with Gasteiger partial charge in [0, 0.05) is 0 Å². The Labute approximate surface area is 208 Å². The van der Waals surface area contributed by atoms with Crippen molar-refractivity contribution in [2.24, 2.45) is 0 Å². The number of hydrogen-bond donors (Lipinski definition) is 0. The van der Waals surface area contributed by atoms with Crippen molar-refractivity contribution in [3.05, 3.63) is 144 Å². The lowest BCUT2D eigenvalue weighted by Crippen LogP contribution is -2.22. The zero-order valence-electron chi connectivity index (χ0n) is 19.5. The number of nitrogens with zero attached hydrogens (tertiary/aromatic N) is 2. The fourth-order valence-corrected chi connectivity index (χ4v) is 5.31. The Bertz CT molecular complexity index is 1940. The molecule has 0 N–H and O–H groups in total. The summed E-state index contributed by atoms with van der Waals surface area (Å²) in [5.41, 5.74) is 5.71. The van der Waals surface area contributed by atoms with Crippen LogP contribution in [0.15, 0.2) is 138 Å². The van der Waals surface area contributed by atoms with Gasteiger partial charge in [-0.25, -0.2) is 4.79 Å². The van der Waals surface area contributed by atoms with Gasteiger partial charge >= 0.3 is 5.69 Å². The molecule has 3 nitrogen and oxygen atoms in total. The van der Waals surface area contributed by atoms with Crippen LogP contribution in [0.5, 0.6) is 0 Å². The summed E-state index contributed by atoms with van der Waals surface area (Å²) in [5, 5.41) is 4.95. The van der Waals surface area contributed by atoms with Gasteiger partial charge in [-0.15, -0.1) is 0 Å². The number of para-hydroxylation sites is 3. The molecule has 0 aliphatic carbocycles. The van der Waals surface area contributed by atoms with E-state index in [1.807, 2.05) is 66.7 Å². The van der Waals surface area contributed by atoms with Crippen molar-refractivity contribution in [3.63, 3.8) is 0 Å². The van der Waals surface area contributed by atoms with Crippen molar-refractivity contribution >= 4 is 32.6 Å². The van der Waals surface area contributed by atoms with E-state index in [9.17, 15) is 4.79 Å². The molecule has 36 heavy (non-hydrogen) atoms. The van der Waals surface area contributed by atoms with Crippen molar-refractivity contribution in [2.45, 2.75) is 0 Å². The van der Waals surface area contributed by atoms with Crippen LogP contribution in [0.2, 0.25) is 0 Å². The largest absolute Gasteiger partial charge is 0.338 e. The Balaban J connectivity index is 1.41. The lowest BCUT2D eigenvalue weighted by atomic mass is 9.93. The molecule has 0 amide bonds. The summed E-state index contributed by atoms with van der Waals surface area (Å²) < 4.78 is 3.57. The van der Waals surface area contributed by atoms with E-state index in [0.29, 0.717) is 0 Å². The summed E-state index contributed by atoms with van der Waals surface area (Å²) in [6, 6.07) is 45.4. The smallest absolute Gasteiger partial charge is 0.260 e. The van der Waals surface area contributed by atoms with Crippen molar-refractivity contribution in [1.29, 1.82) is 0 Å². The van der Waals surface area contributed by atoms with Gasteiger partial charge in [-0.1, -0.05) is 91.0 Å². The van der Waals surface area contributed by atoms with E-state index >= 15 is 0 Å². The SMILES string of the molecule is O=c1n(-c2ccccc2)c2ccccc2n1-c1ccc(-c2cc3ccccc3c3ccccc23)cc1. The molecule has 6 aromatic carbocycles. The molecule has 7 aromatic rings. The first kappa shape index (κ1) is 20.5. The van der Waals surface area contributed by atoms with E-state index in [1.54, 1.807) is 9.13 Å². The summed E-state index contributed by atoms with van der Waals surface area (Å²) in [4.78, 5) is 13.7. The molecule has 1 heterocycles. The summed E-state index contributed by atoms with van der Waals surface area (Å²) in [7, 11) is 0. The van der Waals surface area contributed by atoms with Gasteiger partial charge in [-0.2, -0.15) is 0 Å². The number of fused-ring (bicyclic) bond motifs is 4. The van der Waals surface area contributed by atoms with E-state index in [2.05, 4.69) is 66.7 Å². The molecule has 0 aliphatic rings. The highest BCUT2D eigenvalue weighted by Crippen LogP contribution is 2.35. The van der Waals surface area contributed by atoms with Crippen molar-refractivity contribution in [3.8, 4) is 22.5 Å². The Morgan fingerprint density at radius 3 is 1.67 bits per heavy atom. The van der Waals surface area contributed by atoms with Gasteiger partial charge < -0.3 is 0 Å². The van der Waals surface area contributed by atoms with Crippen LogP contribution in [0, 0.1) is 0 Å². The molecule has 1 aromatic heterocycles. The van der Waals surface area contributed by atoms with E-state index in [1.165, 1.54) is 27.1 Å². The van der Waals surface area contributed by atoms with Crippen molar-refractivity contribution < 1.29 is 0 Å². The average Bonchev–Trinajstić information content (AvgIpc) is 3.25. The first-order chi connectivity index (χ1) is 17.8. The molecule has 0 bridgehead atoms. The highest BCUT2D eigenvalue weighted by Gasteiger charge is 2.16. The van der Waals surface area contributed by atoms with Crippen LogP contribution in [-0.2, 0) is 0 Å². The predicted octanol–water partition coefficient (Wildman–Crippen LogP) is 7.75. The maximum atomic E-state index is 13.7. The summed E-state index contributed by atoms with van der Waals surface area (Å²) in [5.74, 6) is 0. The first-order valence-electron chi connectivity index (χ1n) is 12.1. The lowest BCUT2D eigenvalue weighted by molar-refractivity contribution is 0.931. The van der Waals surface area contributed by atoms with Crippen molar-refractivity contribution in [2.75, 3.05) is 0 Å². The molecule has 0 saturated carbocycles. The molecule has 0 fully saturated rings. The van der Waals surface area contributed by atoms with Gasteiger partial charge in [0.05, 0.1) is 22.4 Å². The number of imidazole rings is 1. The second-order valence-corrected chi connectivity index (χ2v) is 9.02. The summed E-state index contributed by atoms with van der Waals surface area (Å²) in [6.07, 6.45) is 0. The second-order valence-electron chi connectivity index (χ2n) is 9.02. The zero-order chi connectivity index (χ0) is 24.1. The third kappa shape index (κ3) is 3.10. The van der Waals surface area contributed by atoms with Crippen LogP contribution < -0.4 is 5.69 Å². The molecule has 0 radical (unpaired) electrons. The molecule has 0 spiro atoms. The monoisotopic (exact) mass is 462 g/mol. The summed E-state index contributed by atoms with van der Waals surface area (Å²) in [6.45, 7) is 0. The van der Waals surface area contributed by atoms with E-state index < -0.39 is 0 Å². The van der Waals surface area contributed by atoms with Crippen LogP contribution >= 0.6 is 0 Å². The average molecular weight is 463 g/mol. The van der Waals surface area contributed by atoms with Gasteiger partial charge in [0.15, 0.2) is 0 Å². The molecular weight excluding hydrogens is 440 g/mol. The highest BCUT2D eigenvalue weighted by atomic mass is 16.1. The van der Waals surface area contributed by atoms with E-state index in [4.69, 9.17) is 0 Å². The van der Waals surface area contributed by atoms with Crippen molar-refractivity contribution in [1.82, 2.24) is 9.13 Å². The van der Waals surface area contributed by atoms with Crippen LogP contribution in [-0.4, -0.2) is 9.13 Å². The minimum atomic E-state index is -0.0775. The standard InChI is InChI=1S/C33H22N2O/c36-33-34(25-11-2-1-3-12-25)31-16-8-9-17-32(31)35(33)26-20-18-23(19-21-26)30-22-24-10-4-5-13-27(24)28-14-6-7-15-29(28)30/h1-22H. The number of rotatable bonds is 3. The third-order valence-corrected chi connectivity index (χ3v) is 6.97. The topological polar surface area (TPSA) is 26.9 Å². The minimum absolute atomic E-state index is 0.0775. The van der Waals surface area contributed by atoms with Crippen LogP contribution in [0.1, 0.15) is 0 Å². The Kier molecular flexibility index (Phi) is 4.61. The molecule has 0 atom stereocenters. The van der Waals surface area contributed by atoms with Gasteiger partial charge in [-0.3, -0.25) is 9.13 Å². The first-order valence-corrected chi connectivity index (χ1v) is 12.1. The molecule has 0 aliphatic heterocycles. The Morgan fingerprint density at radius 1 is 0.444 bits per heavy atom. The molecule has 0 saturated heterocycles. The van der Waals surface area contributed by atoms with E-state index in [0.717, 1.165) is 28.0 Å². The van der Waals surface area contributed by atoms with Gasteiger partial charge in [0.1, 0.15) is 0 Å². The third-order valence-electron chi connectivity index (χ3n) is 6.97. The predicted molar refractivity (Wildman–Crippen MR) is 149 cm³/mol. The fraction of sp³-hybridized carbons (Fsp3) is 0. The molecular formula is C33H22N2O. The number of hydrogen-bond acceptors (Lipinski definition) is 1. The van der Waals surface area contributed by atoms with Gasteiger partial charge in [-0.05, 0) is 75.1 Å². The quantitative estimate of drug-likeness (QED) is 0.247. The zero-order valence-corrected chi connectivity index (χ0v) is 19.5. The highest BCUT2D eigenvalue weighted by molar-refractivity contribution is 6.13. The molecule has 170 valence electrons. The van der Waals surface area contributed by atoms with Gasteiger partial charge in [0.25, 0.3) is 0 Å². The fourth-order valence-electron chi connectivity index (χ4n) is 5.31. The maximum Gasteiger partial charge on any atom is 0.338 e. The second kappa shape index (κ2) is 8.10. The Hall–Kier alpha value is -4.89. The molecule has 0 unspecified atom stereocenters.